The van der Waals surface area contributed by atoms with Crippen molar-refractivity contribution in [1.82, 2.24) is 15.2 Å². The van der Waals surface area contributed by atoms with Gasteiger partial charge in [-0.1, -0.05) is 0 Å². The van der Waals surface area contributed by atoms with E-state index in [2.05, 4.69) is 15.2 Å². The molecule has 0 spiro atoms. The predicted octanol–water partition coefficient (Wildman–Crippen LogP) is 0.957. The molecule has 0 N–H and O–H groups in total. The Bertz CT molecular complexity index is 457. The van der Waals surface area contributed by atoms with Crippen LogP contribution in [0, 0.1) is 0 Å². The Labute approximate surface area is 91.2 Å². The standard InChI is InChI=1S/C8H9F2N3O2S/c9-7(10)2-1-5-16(14,15)6-8-11-3-4-12-13-8/h2-4H,1,5-6H2. The van der Waals surface area contributed by atoms with E-state index < -0.39 is 15.9 Å². The number of hydrogen-bond donors (Lipinski definition) is 0. The molecule has 0 aliphatic rings. The Morgan fingerprint density at radius 2 is 2.12 bits per heavy atom. The minimum Gasteiger partial charge on any atom is -0.237 e. The molecule has 0 saturated carbocycles. The molecule has 0 aliphatic carbocycles. The van der Waals surface area contributed by atoms with Gasteiger partial charge in [0.15, 0.2) is 15.7 Å². The Hall–Kier alpha value is -1.44. The fourth-order valence-electron chi connectivity index (χ4n) is 0.958. The number of allylic oxidation sites excluding steroid dienone is 1. The van der Waals surface area contributed by atoms with Crippen LogP contribution in [-0.4, -0.2) is 29.4 Å². The zero-order chi connectivity index (χ0) is 12.0. The number of hydrogen-bond acceptors (Lipinski definition) is 5. The van der Waals surface area contributed by atoms with Gasteiger partial charge in [0.2, 0.25) is 0 Å². The van der Waals surface area contributed by atoms with Gasteiger partial charge in [-0.15, -0.1) is 5.10 Å². The fraction of sp³-hybridized carbons (Fsp3) is 0.375. The molecule has 8 heteroatoms. The van der Waals surface area contributed by atoms with Crippen LogP contribution in [0.1, 0.15) is 12.2 Å². The Morgan fingerprint density at radius 1 is 1.38 bits per heavy atom. The van der Waals surface area contributed by atoms with Gasteiger partial charge >= 0.3 is 0 Å². The zero-order valence-electron chi connectivity index (χ0n) is 8.18. The molecule has 0 atom stereocenters. The monoisotopic (exact) mass is 249 g/mol. The summed E-state index contributed by atoms with van der Waals surface area (Å²) in [5, 5.41) is 6.97. The average Bonchev–Trinajstić information content (AvgIpc) is 2.17. The maximum absolute atomic E-state index is 11.7. The van der Waals surface area contributed by atoms with Crippen molar-refractivity contribution in [3.63, 3.8) is 0 Å². The molecular formula is C8H9F2N3O2S. The normalized spacial score (nSPS) is 11.1. The Kier molecular flexibility index (Phi) is 4.41. The zero-order valence-corrected chi connectivity index (χ0v) is 8.99. The highest BCUT2D eigenvalue weighted by Crippen LogP contribution is 2.05. The van der Waals surface area contributed by atoms with Gasteiger partial charge in [-0.3, -0.25) is 0 Å². The maximum Gasteiger partial charge on any atom is 0.266 e. The first-order chi connectivity index (χ1) is 7.49. The highest BCUT2D eigenvalue weighted by atomic mass is 32.2. The van der Waals surface area contributed by atoms with Crippen LogP contribution in [0.2, 0.25) is 0 Å². The molecule has 0 aromatic carbocycles. The number of halogens is 2. The van der Waals surface area contributed by atoms with E-state index >= 15 is 0 Å². The summed E-state index contributed by atoms with van der Waals surface area (Å²) in [4.78, 5) is 3.69. The van der Waals surface area contributed by atoms with Crippen LogP contribution < -0.4 is 0 Å². The number of nitrogens with zero attached hydrogens (tertiary/aromatic N) is 3. The van der Waals surface area contributed by atoms with E-state index in [1.165, 1.54) is 12.4 Å². The first-order valence-corrected chi connectivity index (χ1v) is 6.16. The third kappa shape index (κ3) is 4.87. The lowest BCUT2D eigenvalue weighted by molar-refractivity contribution is 0.418. The summed E-state index contributed by atoms with van der Waals surface area (Å²) in [6.45, 7) is 0. The number of sulfone groups is 1. The molecule has 0 bridgehead atoms. The first-order valence-electron chi connectivity index (χ1n) is 4.34. The van der Waals surface area contributed by atoms with Crippen molar-refractivity contribution >= 4 is 9.84 Å². The topological polar surface area (TPSA) is 72.8 Å². The van der Waals surface area contributed by atoms with Crippen molar-refractivity contribution < 1.29 is 17.2 Å². The van der Waals surface area contributed by atoms with Gasteiger partial charge in [-0.25, -0.2) is 13.4 Å². The van der Waals surface area contributed by atoms with Crippen molar-refractivity contribution in [3.8, 4) is 0 Å². The van der Waals surface area contributed by atoms with Crippen LogP contribution in [0.3, 0.4) is 0 Å². The first kappa shape index (κ1) is 12.6. The molecule has 0 amide bonds. The minimum absolute atomic E-state index is 0.0622. The van der Waals surface area contributed by atoms with Crippen molar-refractivity contribution in [2.24, 2.45) is 0 Å². The summed E-state index contributed by atoms with van der Waals surface area (Å²) >= 11 is 0. The quantitative estimate of drug-likeness (QED) is 0.777. The highest BCUT2D eigenvalue weighted by molar-refractivity contribution is 7.90. The predicted molar refractivity (Wildman–Crippen MR) is 52.2 cm³/mol. The molecule has 5 nitrogen and oxygen atoms in total. The fourth-order valence-corrected chi connectivity index (χ4v) is 2.10. The second-order valence-corrected chi connectivity index (χ2v) is 5.12. The average molecular weight is 249 g/mol. The maximum atomic E-state index is 11.7. The summed E-state index contributed by atoms with van der Waals surface area (Å²) in [5.41, 5.74) is 0. The van der Waals surface area contributed by atoms with Crippen molar-refractivity contribution in [3.05, 3.63) is 30.4 Å². The van der Waals surface area contributed by atoms with Crippen LogP contribution >= 0.6 is 0 Å². The van der Waals surface area contributed by atoms with E-state index in [9.17, 15) is 17.2 Å². The molecule has 0 radical (unpaired) electrons. The van der Waals surface area contributed by atoms with E-state index in [1.54, 1.807) is 0 Å². The molecular weight excluding hydrogens is 240 g/mol. The molecule has 1 aromatic rings. The molecule has 1 rings (SSSR count). The van der Waals surface area contributed by atoms with Crippen LogP contribution in [0.5, 0.6) is 0 Å². The van der Waals surface area contributed by atoms with Crippen molar-refractivity contribution in [2.75, 3.05) is 5.75 Å². The van der Waals surface area contributed by atoms with Gasteiger partial charge in [-0.05, 0) is 12.5 Å². The van der Waals surface area contributed by atoms with Gasteiger partial charge in [0.25, 0.3) is 6.08 Å². The molecule has 0 fully saturated rings. The van der Waals surface area contributed by atoms with Gasteiger partial charge in [0, 0.05) is 6.20 Å². The SMILES string of the molecule is O=S(=O)(CCC=C(F)F)Cc1nccnn1. The van der Waals surface area contributed by atoms with E-state index in [0.29, 0.717) is 6.08 Å². The summed E-state index contributed by atoms with van der Waals surface area (Å²) in [6.07, 6.45) is 1.11. The minimum atomic E-state index is -3.47. The van der Waals surface area contributed by atoms with Gasteiger partial charge in [0.05, 0.1) is 11.9 Å². The lowest BCUT2D eigenvalue weighted by atomic mass is 10.5. The third-order valence-electron chi connectivity index (χ3n) is 1.61. The molecule has 0 saturated heterocycles. The van der Waals surface area contributed by atoms with E-state index in [-0.39, 0.29) is 23.8 Å². The molecule has 88 valence electrons. The van der Waals surface area contributed by atoms with Crippen LogP contribution in [0.15, 0.2) is 24.6 Å². The summed E-state index contributed by atoms with van der Waals surface area (Å²) in [6, 6.07) is 0. The van der Waals surface area contributed by atoms with Crippen LogP contribution in [0.25, 0.3) is 0 Å². The molecule has 0 aliphatic heterocycles. The van der Waals surface area contributed by atoms with Crippen molar-refractivity contribution in [1.29, 1.82) is 0 Å². The Balaban J connectivity index is 2.56. The lowest BCUT2D eigenvalue weighted by Crippen LogP contribution is -2.11. The molecule has 1 aromatic heterocycles. The smallest absolute Gasteiger partial charge is 0.237 e. The molecule has 16 heavy (non-hydrogen) atoms. The van der Waals surface area contributed by atoms with Crippen LogP contribution in [-0.2, 0) is 15.6 Å². The molecule has 0 unspecified atom stereocenters. The van der Waals surface area contributed by atoms with Crippen molar-refractivity contribution in [2.45, 2.75) is 12.2 Å². The Morgan fingerprint density at radius 3 is 2.69 bits per heavy atom. The molecule has 1 heterocycles. The van der Waals surface area contributed by atoms with E-state index in [4.69, 9.17) is 0 Å². The summed E-state index contributed by atoms with van der Waals surface area (Å²) in [5.74, 6) is -0.683. The number of aromatic nitrogens is 3. The van der Waals surface area contributed by atoms with Crippen LogP contribution in [0.4, 0.5) is 8.78 Å². The second kappa shape index (κ2) is 5.59. The van der Waals surface area contributed by atoms with E-state index in [0.717, 1.165) is 0 Å². The number of rotatable bonds is 5. The lowest BCUT2D eigenvalue weighted by Gasteiger charge is -1.99. The summed E-state index contributed by atoms with van der Waals surface area (Å²) < 4.78 is 46.1. The van der Waals surface area contributed by atoms with Gasteiger partial charge < -0.3 is 0 Å². The van der Waals surface area contributed by atoms with Gasteiger partial charge in [-0.2, -0.15) is 13.9 Å². The van der Waals surface area contributed by atoms with Gasteiger partial charge in [0.1, 0.15) is 5.75 Å². The second-order valence-electron chi connectivity index (χ2n) is 2.93. The van der Waals surface area contributed by atoms with E-state index in [1.807, 2.05) is 0 Å². The third-order valence-corrected chi connectivity index (χ3v) is 3.16. The summed E-state index contributed by atoms with van der Waals surface area (Å²) in [7, 11) is -3.47. The largest absolute Gasteiger partial charge is 0.266 e. The highest BCUT2D eigenvalue weighted by Gasteiger charge is 2.13.